The molecule has 4 rings (SSSR count). The summed E-state index contributed by atoms with van der Waals surface area (Å²) in [5.41, 5.74) is 6.28. The fraction of sp³-hybridized carbons (Fsp3) is 0.217. The Morgan fingerprint density at radius 3 is 2.33 bits per heavy atom. The molecule has 0 bridgehead atoms. The third kappa shape index (κ3) is 5.12. The number of ether oxygens (including phenoxy) is 1. The molecule has 1 saturated heterocycles. The minimum absolute atomic E-state index is 0.0184. The second kappa shape index (κ2) is 9.70. The lowest BCUT2D eigenvalue weighted by molar-refractivity contribution is -0.134. The fourth-order valence-electron chi connectivity index (χ4n) is 3.49. The average molecular weight is 453 g/mol. The number of nitrogens with zero attached hydrogens (tertiary/aromatic N) is 3. The second-order valence-corrected chi connectivity index (χ2v) is 7.44. The van der Waals surface area contributed by atoms with Crippen LogP contribution in [-0.2, 0) is 16.0 Å². The summed E-state index contributed by atoms with van der Waals surface area (Å²) < 4.78 is 33.6. The highest BCUT2D eigenvalue weighted by molar-refractivity contribution is 5.97. The van der Waals surface area contributed by atoms with Crippen molar-refractivity contribution in [3.05, 3.63) is 71.4 Å². The van der Waals surface area contributed by atoms with E-state index < -0.39 is 17.5 Å². The van der Waals surface area contributed by atoms with Crippen LogP contribution in [0.3, 0.4) is 0 Å². The summed E-state index contributed by atoms with van der Waals surface area (Å²) >= 11 is 0. The van der Waals surface area contributed by atoms with E-state index in [0.29, 0.717) is 32.0 Å². The number of anilines is 2. The molecule has 8 nitrogen and oxygen atoms in total. The van der Waals surface area contributed by atoms with Gasteiger partial charge in [0.15, 0.2) is 5.69 Å². The van der Waals surface area contributed by atoms with Crippen molar-refractivity contribution < 1.29 is 23.1 Å². The number of nitrogens with two attached hydrogens (primary N) is 1. The van der Waals surface area contributed by atoms with Gasteiger partial charge >= 0.3 is 0 Å². The molecule has 0 spiro atoms. The standard InChI is InChI=1S/C23H21F2N5O3/c24-16-2-1-3-17(25)21(16)18-13-19(22(23(26)32)29-28-18)27-15-6-4-14(5-7-15)12-20(31)30-8-10-33-11-9-30/h1-7,13H,8-12H2,(H2,26,32)(H,27,28). The molecular weight excluding hydrogens is 432 g/mol. The summed E-state index contributed by atoms with van der Waals surface area (Å²) in [7, 11) is 0. The van der Waals surface area contributed by atoms with Crippen LogP contribution in [0.25, 0.3) is 11.3 Å². The highest BCUT2D eigenvalue weighted by atomic mass is 19.1. The Hall–Kier alpha value is -3.92. The van der Waals surface area contributed by atoms with E-state index in [1.807, 2.05) is 0 Å². The van der Waals surface area contributed by atoms with Crippen molar-refractivity contribution in [2.24, 2.45) is 5.73 Å². The van der Waals surface area contributed by atoms with Crippen LogP contribution in [0.5, 0.6) is 0 Å². The predicted octanol–water partition coefficient (Wildman–Crippen LogP) is 2.67. The Morgan fingerprint density at radius 2 is 1.70 bits per heavy atom. The van der Waals surface area contributed by atoms with Crippen molar-refractivity contribution in [1.82, 2.24) is 15.1 Å². The first-order valence-electron chi connectivity index (χ1n) is 10.3. The molecule has 1 aliphatic heterocycles. The molecule has 0 unspecified atom stereocenters. The summed E-state index contributed by atoms with van der Waals surface area (Å²) in [6.07, 6.45) is 0.250. The molecule has 3 N–H and O–H groups in total. The maximum absolute atomic E-state index is 14.2. The molecule has 1 aromatic heterocycles. The van der Waals surface area contributed by atoms with Gasteiger partial charge in [-0.3, -0.25) is 9.59 Å². The van der Waals surface area contributed by atoms with Crippen molar-refractivity contribution in [3.8, 4) is 11.3 Å². The van der Waals surface area contributed by atoms with E-state index >= 15 is 0 Å². The highest BCUT2D eigenvalue weighted by Gasteiger charge is 2.19. The second-order valence-electron chi connectivity index (χ2n) is 7.44. The number of benzene rings is 2. The maximum Gasteiger partial charge on any atom is 0.271 e. The molecule has 2 aromatic carbocycles. The normalized spacial score (nSPS) is 13.6. The molecule has 2 heterocycles. The Kier molecular flexibility index (Phi) is 6.55. The van der Waals surface area contributed by atoms with Crippen LogP contribution in [0.15, 0.2) is 48.5 Å². The summed E-state index contributed by atoms with van der Waals surface area (Å²) in [5.74, 6) is -2.45. The minimum atomic E-state index is -0.849. The molecule has 10 heteroatoms. The summed E-state index contributed by atoms with van der Waals surface area (Å²) in [4.78, 5) is 26.0. The van der Waals surface area contributed by atoms with Crippen molar-refractivity contribution in [3.63, 3.8) is 0 Å². The lowest BCUT2D eigenvalue weighted by Crippen LogP contribution is -2.41. The number of primary amides is 1. The number of rotatable bonds is 6. The van der Waals surface area contributed by atoms with E-state index in [1.54, 1.807) is 29.2 Å². The van der Waals surface area contributed by atoms with E-state index in [9.17, 15) is 18.4 Å². The Morgan fingerprint density at radius 1 is 1.03 bits per heavy atom. The number of carbonyl (C=O) groups excluding carboxylic acids is 2. The van der Waals surface area contributed by atoms with E-state index in [0.717, 1.165) is 17.7 Å². The first-order valence-corrected chi connectivity index (χ1v) is 10.3. The van der Waals surface area contributed by atoms with Gasteiger partial charge in [0.25, 0.3) is 5.91 Å². The van der Waals surface area contributed by atoms with Crippen molar-refractivity contribution in [1.29, 1.82) is 0 Å². The van der Waals surface area contributed by atoms with Gasteiger partial charge in [0.2, 0.25) is 5.91 Å². The Balaban J connectivity index is 1.55. The van der Waals surface area contributed by atoms with E-state index in [2.05, 4.69) is 15.5 Å². The van der Waals surface area contributed by atoms with Crippen molar-refractivity contribution in [2.75, 3.05) is 31.6 Å². The number of halogens is 2. The van der Waals surface area contributed by atoms with Gasteiger partial charge in [-0.15, -0.1) is 10.2 Å². The summed E-state index contributed by atoms with van der Waals surface area (Å²) in [5, 5.41) is 10.5. The molecule has 33 heavy (non-hydrogen) atoms. The molecule has 0 atom stereocenters. The molecule has 2 amide bonds. The van der Waals surface area contributed by atoms with Crippen molar-refractivity contribution >= 4 is 23.2 Å². The topological polar surface area (TPSA) is 110 Å². The van der Waals surface area contributed by atoms with Crippen LogP contribution < -0.4 is 11.1 Å². The van der Waals surface area contributed by atoms with Crippen LogP contribution in [0, 0.1) is 11.6 Å². The first kappa shape index (κ1) is 22.3. The molecule has 1 fully saturated rings. The van der Waals surface area contributed by atoms with Crippen LogP contribution >= 0.6 is 0 Å². The fourth-order valence-corrected chi connectivity index (χ4v) is 3.49. The van der Waals surface area contributed by atoms with Gasteiger partial charge in [-0.2, -0.15) is 0 Å². The van der Waals surface area contributed by atoms with Crippen LogP contribution in [0.2, 0.25) is 0 Å². The minimum Gasteiger partial charge on any atom is -0.378 e. The quantitative estimate of drug-likeness (QED) is 0.594. The van der Waals surface area contributed by atoms with Gasteiger partial charge in [0.05, 0.1) is 30.9 Å². The van der Waals surface area contributed by atoms with Gasteiger partial charge in [-0.25, -0.2) is 8.78 Å². The number of nitrogens with one attached hydrogen (secondary N) is 1. The number of hydrogen-bond acceptors (Lipinski definition) is 6. The summed E-state index contributed by atoms with van der Waals surface area (Å²) in [6, 6.07) is 11.7. The predicted molar refractivity (Wildman–Crippen MR) is 117 cm³/mol. The third-order valence-corrected chi connectivity index (χ3v) is 5.20. The van der Waals surface area contributed by atoms with Gasteiger partial charge < -0.3 is 20.7 Å². The highest BCUT2D eigenvalue weighted by Crippen LogP contribution is 2.28. The van der Waals surface area contributed by atoms with Gasteiger partial charge in [0, 0.05) is 18.8 Å². The van der Waals surface area contributed by atoms with E-state index in [1.165, 1.54) is 12.1 Å². The lowest BCUT2D eigenvalue weighted by atomic mass is 10.1. The number of amides is 2. The van der Waals surface area contributed by atoms with Gasteiger partial charge in [-0.1, -0.05) is 18.2 Å². The molecule has 0 aliphatic carbocycles. The van der Waals surface area contributed by atoms with Crippen molar-refractivity contribution in [2.45, 2.75) is 6.42 Å². The molecule has 3 aromatic rings. The zero-order valence-electron chi connectivity index (χ0n) is 17.6. The first-order chi connectivity index (χ1) is 15.9. The van der Waals surface area contributed by atoms with Gasteiger partial charge in [-0.05, 0) is 35.9 Å². The third-order valence-electron chi connectivity index (χ3n) is 5.20. The molecule has 170 valence electrons. The molecular formula is C23H21F2N5O3. The van der Waals surface area contributed by atoms with Crippen LogP contribution in [0.4, 0.5) is 20.2 Å². The van der Waals surface area contributed by atoms with E-state index in [-0.39, 0.29) is 35.0 Å². The molecule has 1 aliphatic rings. The zero-order chi connectivity index (χ0) is 23.4. The largest absolute Gasteiger partial charge is 0.378 e. The molecule has 0 saturated carbocycles. The molecule has 0 radical (unpaired) electrons. The maximum atomic E-state index is 14.2. The van der Waals surface area contributed by atoms with Crippen LogP contribution in [0.1, 0.15) is 16.1 Å². The number of morpholine rings is 1. The van der Waals surface area contributed by atoms with Gasteiger partial charge in [0.1, 0.15) is 17.3 Å². The average Bonchev–Trinajstić information content (AvgIpc) is 2.81. The smallest absolute Gasteiger partial charge is 0.271 e. The number of aromatic nitrogens is 2. The lowest BCUT2D eigenvalue weighted by Gasteiger charge is -2.26. The number of hydrogen-bond donors (Lipinski definition) is 2. The summed E-state index contributed by atoms with van der Waals surface area (Å²) in [6.45, 7) is 2.23. The van der Waals surface area contributed by atoms with Crippen LogP contribution in [-0.4, -0.2) is 53.2 Å². The van der Waals surface area contributed by atoms with E-state index in [4.69, 9.17) is 10.5 Å². The zero-order valence-corrected chi connectivity index (χ0v) is 17.6. The Labute approximate surface area is 188 Å². The number of carbonyl (C=O) groups is 2. The Bertz CT molecular complexity index is 1160. The SMILES string of the molecule is NC(=O)c1nnc(-c2c(F)cccc2F)cc1Nc1ccc(CC(=O)N2CCOCC2)cc1. The monoisotopic (exact) mass is 453 g/mol.